The molecule has 1 aromatic heterocycles. The number of aromatic nitrogens is 2. The summed E-state index contributed by atoms with van der Waals surface area (Å²) in [6, 6.07) is 2.83. The SMILES string of the molecule is COCCn1nc(C(=O)NCCCN2CCC[C@@H](C)C2)ccc1=O. The highest BCUT2D eigenvalue weighted by molar-refractivity contribution is 5.91. The first-order chi connectivity index (χ1) is 11.6. The first-order valence-corrected chi connectivity index (χ1v) is 8.68. The standard InChI is InChI=1S/C17H28N4O3/c1-14-5-3-9-20(13-14)10-4-8-18-17(23)15-6-7-16(22)21(19-15)11-12-24-2/h6-7,14H,3-5,8-13H2,1-2H3,(H,18,23)/t14-/m1/s1. The number of methoxy groups -OCH3 is 1. The Kier molecular flexibility index (Phi) is 7.39. The molecule has 1 saturated heterocycles. The van der Waals surface area contributed by atoms with Crippen LogP contribution in [-0.4, -0.2) is 60.5 Å². The second kappa shape index (κ2) is 9.54. The highest BCUT2D eigenvalue weighted by Crippen LogP contribution is 2.15. The van der Waals surface area contributed by atoms with Crippen molar-refractivity contribution in [1.29, 1.82) is 0 Å². The molecule has 1 aliphatic heterocycles. The third-order valence-corrected chi connectivity index (χ3v) is 4.28. The van der Waals surface area contributed by atoms with Gasteiger partial charge in [0, 0.05) is 26.3 Å². The Morgan fingerprint density at radius 3 is 3.00 bits per heavy atom. The van der Waals surface area contributed by atoms with Crippen LogP contribution < -0.4 is 10.9 Å². The Hall–Kier alpha value is -1.73. The average molecular weight is 336 g/mol. The van der Waals surface area contributed by atoms with E-state index in [1.54, 1.807) is 7.11 Å². The van der Waals surface area contributed by atoms with Gasteiger partial charge >= 0.3 is 0 Å². The van der Waals surface area contributed by atoms with Crippen molar-refractivity contribution in [1.82, 2.24) is 20.0 Å². The number of piperidine rings is 1. The second-order valence-corrected chi connectivity index (χ2v) is 6.43. The molecule has 2 rings (SSSR count). The van der Waals surface area contributed by atoms with Gasteiger partial charge in [0.1, 0.15) is 5.69 Å². The summed E-state index contributed by atoms with van der Waals surface area (Å²) < 4.78 is 6.20. The molecule has 1 fully saturated rings. The number of nitrogens with one attached hydrogen (secondary N) is 1. The van der Waals surface area contributed by atoms with Crippen LogP contribution in [0.15, 0.2) is 16.9 Å². The minimum Gasteiger partial charge on any atom is -0.383 e. The maximum absolute atomic E-state index is 12.2. The topological polar surface area (TPSA) is 76.5 Å². The van der Waals surface area contributed by atoms with E-state index < -0.39 is 0 Å². The van der Waals surface area contributed by atoms with Crippen molar-refractivity contribution in [2.45, 2.75) is 32.7 Å². The van der Waals surface area contributed by atoms with Gasteiger partial charge in [-0.15, -0.1) is 0 Å². The maximum atomic E-state index is 12.2. The zero-order chi connectivity index (χ0) is 17.4. The zero-order valence-electron chi connectivity index (χ0n) is 14.7. The molecule has 0 bridgehead atoms. The molecule has 0 spiro atoms. The van der Waals surface area contributed by atoms with Gasteiger partial charge in [0.2, 0.25) is 0 Å². The number of nitrogens with zero attached hydrogens (tertiary/aromatic N) is 3. The van der Waals surface area contributed by atoms with Crippen molar-refractivity contribution in [3.8, 4) is 0 Å². The Morgan fingerprint density at radius 2 is 2.25 bits per heavy atom. The molecule has 2 heterocycles. The van der Waals surface area contributed by atoms with E-state index in [0.29, 0.717) is 19.7 Å². The first-order valence-electron chi connectivity index (χ1n) is 8.68. The van der Waals surface area contributed by atoms with Crippen LogP contribution in [0.2, 0.25) is 0 Å². The van der Waals surface area contributed by atoms with Gasteiger partial charge in [0.05, 0.1) is 13.2 Å². The molecule has 0 aromatic carbocycles. The highest BCUT2D eigenvalue weighted by Gasteiger charge is 2.15. The molecule has 7 nitrogen and oxygen atoms in total. The third kappa shape index (κ3) is 5.72. The van der Waals surface area contributed by atoms with Crippen molar-refractivity contribution in [3.63, 3.8) is 0 Å². The number of hydrogen-bond donors (Lipinski definition) is 1. The van der Waals surface area contributed by atoms with Gasteiger partial charge in [0.25, 0.3) is 11.5 Å². The van der Waals surface area contributed by atoms with Crippen molar-refractivity contribution in [3.05, 3.63) is 28.2 Å². The molecule has 0 radical (unpaired) electrons. The summed E-state index contributed by atoms with van der Waals surface area (Å²) in [5.74, 6) is 0.527. The Bertz CT molecular complexity index is 587. The lowest BCUT2D eigenvalue weighted by Gasteiger charge is -2.30. The van der Waals surface area contributed by atoms with Gasteiger partial charge in [-0.05, 0) is 44.3 Å². The predicted octanol–water partition coefficient (Wildman–Crippen LogP) is 0.742. The fourth-order valence-corrected chi connectivity index (χ4v) is 2.99. The number of hydrogen-bond acceptors (Lipinski definition) is 5. The molecule has 1 aliphatic rings. The van der Waals surface area contributed by atoms with Gasteiger partial charge in [-0.3, -0.25) is 9.59 Å². The van der Waals surface area contributed by atoms with Crippen LogP contribution in [0.3, 0.4) is 0 Å². The molecular formula is C17H28N4O3. The van der Waals surface area contributed by atoms with Crippen LogP contribution in [0.4, 0.5) is 0 Å². The van der Waals surface area contributed by atoms with Crippen LogP contribution in [0.5, 0.6) is 0 Å². The third-order valence-electron chi connectivity index (χ3n) is 4.28. The van der Waals surface area contributed by atoms with Crippen LogP contribution >= 0.6 is 0 Å². The Balaban J connectivity index is 1.76. The van der Waals surface area contributed by atoms with Crippen molar-refractivity contribution in [2.24, 2.45) is 5.92 Å². The van der Waals surface area contributed by atoms with Crippen LogP contribution in [-0.2, 0) is 11.3 Å². The second-order valence-electron chi connectivity index (χ2n) is 6.43. The lowest BCUT2D eigenvalue weighted by molar-refractivity contribution is 0.0941. The average Bonchev–Trinajstić information content (AvgIpc) is 2.58. The fraction of sp³-hybridized carbons (Fsp3) is 0.706. The fourth-order valence-electron chi connectivity index (χ4n) is 2.99. The largest absolute Gasteiger partial charge is 0.383 e. The number of rotatable bonds is 8. The van der Waals surface area contributed by atoms with E-state index in [0.717, 1.165) is 32.0 Å². The van der Waals surface area contributed by atoms with E-state index in [1.807, 2.05) is 0 Å². The lowest BCUT2D eigenvalue weighted by Crippen LogP contribution is -2.37. The van der Waals surface area contributed by atoms with E-state index in [-0.39, 0.29) is 17.2 Å². The first kappa shape index (κ1) is 18.6. The van der Waals surface area contributed by atoms with E-state index in [9.17, 15) is 9.59 Å². The predicted molar refractivity (Wildman–Crippen MR) is 92.2 cm³/mol. The van der Waals surface area contributed by atoms with E-state index in [4.69, 9.17) is 4.74 Å². The Morgan fingerprint density at radius 1 is 1.42 bits per heavy atom. The molecule has 0 saturated carbocycles. The van der Waals surface area contributed by atoms with E-state index >= 15 is 0 Å². The summed E-state index contributed by atoms with van der Waals surface area (Å²) in [6.45, 7) is 6.94. The molecular weight excluding hydrogens is 308 g/mol. The number of carbonyl (C=O) groups is 1. The van der Waals surface area contributed by atoms with Crippen molar-refractivity contribution in [2.75, 3.05) is 39.9 Å². The lowest BCUT2D eigenvalue weighted by atomic mass is 10.0. The van der Waals surface area contributed by atoms with Gasteiger partial charge in [-0.25, -0.2) is 4.68 Å². The van der Waals surface area contributed by atoms with Crippen LogP contribution in [0.25, 0.3) is 0 Å². The molecule has 1 aromatic rings. The highest BCUT2D eigenvalue weighted by atomic mass is 16.5. The molecule has 1 N–H and O–H groups in total. The van der Waals surface area contributed by atoms with Crippen molar-refractivity contribution < 1.29 is 9.53 Å². The van der Waals surface area contributed by atoms with Gasteiger partial charge < -0.3 is 15.0 Å². The molecule has 24 heavy (non-hydrogen) atoms. The molecule has 1 amide bonds. The quantitative estimate of drug-likeness (QED) is 0.709. The molecule has 0 aliphatic carbocycles. The molecule has 134 valence electrons. The van der Waals surface area contributed by atoms with Crippen molar-refractivity contribution >= 4 is 5.91 Å². The summed E-state index contributed by atoms with van der Waals surface area (Å²) in [6.07, 6.45) is 3.50. The van der Waals surface area contributed by atoms with Gasteiger partial charge in [-0.1, -0.05) is 6.92 Å². The van der Waals surface area contributed by atoms with E-state index in [1.165, 1.54) is 29.7 Å². The molecule has 1 atom stereocenters. The minimum atomic E-state index is -0.242. The van der Waals surface area contributed by atoms with Gasteiger partial charge in [0.15, 0.2) is 0 Å². The van der Waals surface area contributed by atoms with Crippen LogP contribution in [0, 0.1) is 5.92 Å². The summed E-state index contributed by atoms with van der Waals surface area (Å²) in [5, 5.41) is 6.97. The summed E-state index contributed by atoms with van der Waals surface area (Å²) in [5.41, 5.74) is 0.0279. The summed E-state index contributed by atoms with van der Waals surface area (Å²) >= 11 is 0. The maximum Gasteiger partial charge on any atom is 0.271 e. The van der Waals surface area contributed by atoms with Crippen LogP contribution in [0.1, 0.15) is 36.7 Å². The zero-order valence-corrected chi connectivity index (χ0v) is 14.7. The molecule has 7 heteroatoms. The number of likely N-dealkylation sites (tertiary alicyclic amines) is 1. The van der Waals surface area contributed by atoms with E-state index in [2.05, 4.69) is 22.2 Å². The number of amides is 1. The van der Waals surface area contributed by atoms with Gasteiger partial charge in [-0.2, -0.15) is 5.10 Å². The monoisotopic (exact) mass is 336 g/mol. The Labute approximate surface area is 143 Å². The normalized spacial score (nSPS) is 18.5. The number of ether oxygens (including phenoxy) is 1. The minimum absolute atomic E-state index is 0.234. The molecule has 0 unspecified atom stereocenters. The smallest absolute Gasteiger partial charge is 0.271 e. The summed E-state index contributed by atoms with van der Waals surface area (Å²) in [7, 11) is 1.56. The number of carbonyl (C=O) groups excluding carboxylic acids is 1. The summed E-state index contributed by atoms with van der Waals surface area (Å²) in [4.78, 5) is 26.3.